The van der Waals surface area contributed by atoms with Crippen molar-refractivity contribution in [2.75, 3.05) is 12.4 Å². The number of pyridine rings is 1. The van der Waals surface area contributed by atoms with Crippen LogP contribution in [0.4, 0.5) is 14.5 Å². The second-order valence-electron chi connectivity index (χ2n) is 6.05. The molecule has 0 fully saturated rings. The number of alkyl halides is 2. The van der Waals surface area contributed by atoms with Crippen molar-refractivity contribution in [3.63, 3.8) is 0 Å². The number of rotatable bonds is 7. The maximum absolute atomic E-state index is 13.2. The fourth-order valence-electron chi connectivity index (χ4n) is 2.67. The average molecular weight is 428 g/mol. The molecule has 0 saturated heterocycles. The first kappa shape index (κ1) is 21.2. The van der Waals surface area contributed by atoms with Gasteiger partial charge in [-0.05, 0) is 47.7 Å². The number of nitrogens with one attached hydrogen (secondary N) is 1. The number of hydrogen-bond acceptors (Lipinski definition) is 4. The zero-order chi connectivity index (χ0) is 21.5. The topological polar surface area (TPSA) is 57.4 Å². The Labute approximate surface area is 177 Å². The van der Waals surface area contributed by atoms with Gasteiger partial charge in [0.05, 0.1) is 7.11 Å². The Morgan fingerprint density at radius 3 is 2.13 bits per heavy atom. The highest BCUT2D eigenvalue weighted by Crippen LogP contribution is 2.22. The number of ether oxygens (including phenoxy) is 2. The normalized spacial score (nSPS) is 11.6. The van der Waals surface area contributed by atoms with Gasteiger partial charge < -0.3 is 19.9 Å². The van der Waals surface area contributed by atoms with Crippen molar-refractivity contribution in [3.05, 3.63) is 84.7 Å². The Morgan fingerprint density at radius 1 is 0.967 bits per heavy atom. The molecule has 0 spiro atoms. The van der Waals surface area contributed by atoms with E-state index in [1.165, 1.54) is 24.3 Å². The minimum Gasteiger partial charge on any atom is -0.867 e. The SMILES string of the molecule is COc1ccc(NC(=S)C(=C([O-])c2ccc(OC(F)F)cc2)[n+]2ccccc2)cc1. The number of benzene rings is 2. The lowest BCUT2D eigenvalue weighted by Gasteiger charge is -2.17. The maximum atomic E-state index is 13.2. The summed E-state index contributed by atoms with van der Waals surface area (Å²) in [4.78, 5) is 0.203. The third-order valence-electron chi connectivity index (χ3n) is 4.09. The summed E-state index contributed by atoms with van der Waals surface area (Å²) in [5.41, 5.74) is 1.18. The van der Waals surface area contributed by atoms with Crippen molar-refractivity contribution in [2.45, 2.75) is 6.61 Å². The molecule has 3 aromatic rings. The first-order valence-corrected chi connectivity index (χ1v) is 9.27. The van der Waals surface area contributed by atoms with Gasteiger partial charge in [0, 0.05) is 17.8 Å². The first-order valence-electron chi connectivity index (χ1n) is 8.86. The van der Waals surface area contributed by atoms with Crippen LogP contribution in [0.5, 0.6) is 11.5 Å². The molecule has 0 amide bonds. The van der Waals surface area contributed by atoms with Crippen molar-refractivity contribution in [2.24, 2.45) is 0 Å². The Balaban J connectivity index is 1.96. The van der Waals surface area contributed by atoms with Crippen molar-refractivity contribution >= 4 is 34.3 Å². The molecule has 2 aromatic carbocycles. The fourth-order valence-corrected chi connectivity index (χ4v) is 2.99. The highest BCUT2D eigenvalue weighted by Gasteiger charge is 2.19. The van der Waals surface area contributed by atoms with E-state index in [4.69, 9.17) is 17.0 Å². The largest absolute Gasteiger partial charge is 0.867 e. The van der Waals surface area contributed by atoms with E-state index in [9.17, 15) is 13.9 Å². The molecular formula is C22H18F2N2O3S. The minimum absolute atomic E-state index is 0.0330. The van der Waals surface area contributed by atoms with E-state index in [0.29, 0.717) is 11.4 Å². The molecule has 0 atom stereocenters. The first-order chi connectivity index (χ1) is 14.5. The lowest BCUT2D eigenvalue weighted by Crippen LogP contribution is -2.39. The summed E-state index contributed by atoms with van der Waals surface area (Å²) < 4.78 is 35.8. The van der Waals surface area contributed by atoms with E-state index in [2.05, 4.69) is 10.1 Å². The number of aromatic nitrogens is 1. The number of halogens is 2. The average Bonchev–Trinajstić information content (AvgIpc) is 2.75. The monoisotopic (exact) mass is 428 g/mol. The molecule has 8 heteroatoms. The van der Waals surface area contributed by atoms with Crippen molar-refractivity contribution in [1.82, 2.24) is 0 Å². The van der Waals surface area contributed by atoms with E-state index < -0.39 is 6.61 Å². The van der Waals surface area contributed by atoms with Crippen LogP contribution in [0.2, 0.25) is 0 Å². The highest BCUT2D eigenvalue weighted by atomic mass is 32.1. The van der Waals surface area contributed by atoms with Gasteiger partial charge in [0.25, 0.3) is 0 Å². The number of anilines is 1. The van der Waals surface area contributed by atoms with Gasteiger partial charge in [0.15, 0.2) is 17.4 Å². The molecule has 0 saturated carbocycles. The molecule has 5 nitrogen and oxygen atoms in total. The minimum atomic E-state index is -2.94. The van der Waals surface area contributed by atoms with Crippen LogP contribution < -0.4 is 24.5 Å². The summed E-state index contributed by atoms with van der Waals surface area (Å²) in [5, 5.41) is 16.3. The number of nitrogens with zero attached hydrogens (tertiary/aromatic N) is 1. The van der Waals surface area contributed by atoms with Crippen molar-refractivity contribution < 1.29 is 27.9 Å². The van der Waals surface area contributed by atoms with Crippen LogP contribution >= 0.6 is 12.2 Å². The van der Waals surface area contributed by atoms with E-state index in [1.54, 1.807) is 60.5 Å². The van der Waals surface area contributed by atoms with Gasteiger partial charge in [-0.25, -0.2) is 0 Å². The summed E-state index contributed by atoms with van der Waals surface area (Å²) in [5.74, 6) is 0.283. The second kappa shape index (κ2) is 9.80. The maximum Gasteiger partial charge on any atom is 0.387 e. The molecule has 0 aliphatic carbocycles. The second-order valence-corrected chi connectivity index (χ2v) is 6.45. The van der Waals surface area contributed by atoms with Gasteiger partial charge in [0.1, 0.15) is 11.5 Å². The Bertz CT molecular complexity index is 1020. The molecule has 154 valence electrons. The van der Waals surface area contributed by atoms with Gasteiger partial charge in [-0.3, -0.25) is 0 Å². The molecule has 1 heterocycles. The van der Waals surface area contributed by atoms with Crippen LogP contribution in [0.15, 0.2) is 79.1 Å². The van der Waals surface area contributed by atoms with Gasteiger partial charge in [0.2, 0.25) is 5.70 Å². The smallest absolute Gasteiger partial charge is 0.387 e. The molecule has 0 aliphatic heterocycles. The van der Waals surface area contributed by atoms with E-state index in [1.807, 2.05) is 6.07 Å². The molecule has 0 radical (unpaired) electrons. The summed E-state index contributed by atoms with van der Waals surface area (Å²) in [6.07, 6.45) is 3.40. The van der Waals surface area contributed by atoms with E-state index in [0.717, 1.165) is 0 Å². The number of thiocarbonyl (C=S) groups is 1. The molecule has 1 aromatic heterocycles. The Kier molecular flexibility index (Phi) is 6.92. The molecule has 1 N–H and O–H groups in total. The summed E-state index contributed by atoms with van der Waals surface area (Å²) in [6, 6.07) is 17.9. The quantitative estimate of drug-likeness (QED) is 0.269. The fraction of sp³-hybridized carbons (Fsp3) is 0.0909. The molecular weight excluding hydrogens is 410 g/mol. The van der Waals surface area contributed by atoms with Crippen LogP contribution in [0.3, 0.4) is 0 Å². The molecule has 0 aliphatic rings. The van der Waals surface area contributed by atoms with Crippen LogP contribution in [0.25, 0.3) is 11.5 Å². The standard InChI is InChI=1S/C22H18F2N2O3S/c1-28-17-11-7-16(8-12-17)25-21(30)19(26-13-3-2-4-14-26)20(27)15-5-9-18(10-6-15)29-22(23)24/h2-14,22H,1H3,(H-,25,27,30). The zero-order valence-electron chi connectivity index (χ0n) is 15.9. The Hall–Kier alpha value is -3.52. The third kappa shape index (κ3) is 5.30. The molecule has 3 rings (SSSR count). The van der Waals surface area contributed by atoms with E-state index in [-0.39, 0.29) is 27.8 Å². The highest BCUT2D eigenvalue weighted by molar-refractivity contribution is 7.81. The summed E-state index contributed by atoms with van der Waals surface area (Å²) >= 11 is 5.51. The zero-order valence-corrected chi connectivity index (χ0v) is 16.7. The molecule has 0 bridgehead atoms. The third-order valence-corrected chi connectivity index (χ3v) is 4.39. The van der Waals surface area contributed by atoms with Crippen molar-refractivity contribution in [1.29, 1.82) is 0 Å². The van der Waals surface area contributed by atoms with Crippen molar-refractivity contribution in [3.8, 4) is 11.5 Å². The predicted molar refractivity (Wildman–Crippen MR) is 112 cm³/mol. The van der Waals surface area contributed by atoms with Crippen LogP contribution in [0.1, 0.15) is 5.56 Å². The molecule has 0 unspecified atom stereocenters. The van der Waals surface area contributed by atoms with Gasteiger partial charge in [-0.2, -0.15) is 13.3 Å². The van der Waals surface area contributed by atoms with Gasteiger partial charge >= 0.3 is 6.61 Å². The number of methoxy groups -OCH3 is 1. The van der Waals surface area contributed by atoms with Crippen LogP contribution in [-0.2, 0) is 0 Å². The lowest BCUT2D eigenvalue weighted by atomic mass is 10.1. The lowest BCUT2D eigenvalue weighted by molar-refractivity contribution is -0.577. The van der Waals surface area contributed by atoms with Gasteiger partial charge in [-0.15, -0.1) is 0 Å². The Morgan fingerprint density at radius 2 is 1.57 bits per heavy atom. The van der Waals surface area contributed by atoms with Gasteiger partial charge in [-0.1, -0.05) is 30.4 Å². The predicted octanol–water partition coefficient (Wildman–Crippen LogP) is 3.71. The van der Waals surface area contributed by atoms with E-state index >= 15 is 0 Å². The summed E-state index contributed by atoms with van der Waals surface area (Å²) in [7, 11) is 1.57. The summed E-state index contributed by atoms with van der Waals surface area (Å²) in [6.45, 7) is -2.94. The van der Waals surface area contributed by atoms with Crippen LogP contribution in [-0.4, -0.2) is 18.7 Å². The number of hydrogen-bond donors (Lipinski definition) is 1. The molecule has 30 heavy (non-hydrogen) atoms. The van der Waals surface area contributed by atoms with Crippen LogP contribution in [0, 0.1) is 0 Å².